The summed E-state index contributed by atoms with van der Waals surface area (Å²) < 4.78 is 0. The maximum Gasteiger partial charge on any atom is 0.00618 e. The Bertz CT molecular complexity index is 102. The van der Waals surface area contributed by atoms with Gasteiger partial charge in [0.15, 0.2) is 0 Å². The third-order valence-corrected chi connectivity index (χ3v) is 2.45. The molecule has 0 aliphatic heterocycles. The summed E-state index contributed by atoms with van der Waals surface area (Å²) in [5.41, 5.74) is 5.47. The Morgan fingerprint density at radius 3 is 2.17 bits per heavy atom. The van der Waals surface area contributed by atoms with Gasteiger partial charge in [0.2, 0.25) is 0 Å². The van der Waals surface area contributed by atoms with Crippen LogP contribution < -0.4 is 11.1 Å². The highest BCUT2D eigenvalue weighted by Crippen LogP contribution is 2.02. The molecule has 0 rings (SSSR count). The van der Waals surface area contributed by atoms with Crippen molar-refractivity contribution in [1.82, 2.24) is 5.32 Å². The Morgan fingerprint density at radius 1 is 1.17 bits per heavy atom. The van der Waals surface area contributed by atoms with Crippen LogP contribution in [0.1, 0.15) is 34.1 Å². The van der Waals surface area contributed by atoms with Gasteiger partial charge in [0.25, 0.3) is 0 Å². The standard InChI is InChI=1S/C10H24N2/c1-8(2)10(4)12-7-9(3)5-6-11/h8-10,12H,5-7,11H2,1-4H3. The predicted molar refractivity (Wildman–Crippen MR) is 55.1 cm³/mol. The minimum absolute atomic E-state index is 0.616. The number of rotatable bonds is 6. The van der Waals surface area contributed by atoms with E-state index >= 15 is 0 Å². The third-order valence-electron chi connectivity index (χ3n) is 2.45. The van der Waals surface area contributed by atoms with Crippen LogP contribution in [0.2, 0.25) is 0 Å². The topological polar surface area (TPSA) is 38.0 Å². The van der Waals surface area contributed by atoms with Crippen molar-refractivity contribution < 1.29 is 0 Å². The van der Waals surface area contributed by atoms with Crippen molar-refractivity contribution in [3.05, 3.63) is 0 Å². The summed E-state index contributed by atoms with van der Waals surface area (Å²) >= 11 is 0. The molecule has 0 amide bonds. The molecule has 0 aromatic heterocycles. The first-order valence-corrected chi connectivity index (χ1v) is 5.01. The van der Waals surface area contributed by atoms with Crippen LogP contribution in [0.5, 0.6) is 0 Å². The first-order valence-electron chi connectivity index (χ1n) is 5.01. The second kappa shape index (κ2) is 6.44. The van der Waals surface area contributed by atoms with Gasteiger partial charge >= 0.3 is 0 Å². The maximum absolute atomic E-state index is 5.47. The molecule has 0 saturated carbocycles. The quantitative estimate of drug-likeness (QED) is 0.639. The maximum atomic E-state index is 5.47. The molecule has 3 N–H and O–H groups in total. The van der Waals surface area contributed by atoms with E-state index in [2.05, 4.69) is 33.0 Å². The number of nitrogens with two attached hydrogens (primary N) is 1. The van der Waals surface area contributed by atoms with Gasteiger partial charge in [-0.05, 0) is 38.3 Å². The fourth-order valence-electron chi connectivity index (χ4n) is 1.01. The van der Waals surface area contributed by atoms with E-state index in [4.69, 9.17) is 5.73 Å². The monoisotopic (exact) mass is 172 g/mol. The van der Waals surface area contributed by atoms with Crippen LogP contribution in [0.15, 0.2) is 0 Å². The molecule has 2 atom stereocenters. The summed E-state index contributed by atoms with van der Waals surface area (Å²) in [5, 5.41) is 3.51. The van der Waals surface area contributed by atoms with Crippen LogP contribution in [-0.4, -0.2) is 19.1 Å². The lowest BCUT2D eigenvalue weighted by molar-refractivity contribution is 0.384. The molecule has 2 heteroatoms. The fraction of sp³-hybridized carbons (Fsp3) is 1.00. The summed E-state index contributed by atoms with van der Waals surface area (Å²) in [6.45, 7) is 10.9. The van der Waals surface area contributed by atoms with Gasteiger partial charge < -0.3 is 11.1 Å². The molecule has 0 aromatic carbocycles. The van der Waals surface area contributed by atoms with Crippen molar-refractivity contribution in [2.75, 3.05) is 13.1 Å². The van der Waals surface area contributed by atoms with Crippen molar-refractivity contribution in [3.8, 4) is 0 Å². The van der Waals surface area contributed by atoms with Gasteiger partial charge in [0.05, 0.1) is 0 Å². The highest BCUT2D eigenvalue weighted by Gasteiger charge is 2.07. The molecule has 12 heavy (non-hydrogen) atoms. The molecule has 0 bridgehead atoms. The molecule has 0 heterocycles. The van der Waals surface area contributed by atoms with Crippen LogP contribution in [0, 0.1) is 11.8 Å². The molecule has 0 aromatic rings. The Kier molecular flexibility index (Phi) is 6.39. The summed E-state index contributed by atoms with van der Waals surface area (Å²) in [7, 11) is 0. The minimum Gasteiger partial charge on any atom is -0.330 e. The van der Waals surface area contributed by atoms with Gasteiger partial charge in [-0.25, -0.2) is 0 Å². The Labute approximate surface area is 76.9 Å². The van der Waals surface area contributed by atoms with Crippen molar-refractivity contribution in [1.29, 1.82) is 0 Å². The van der Waals surface area contributed by atoms with E-state index in [0.29, 0.717) is 12.0 Å². The van der Waals surface area contributed by atoms with Crippen LogP contribution in [-0.2, 0) is 0 Å². The largest absolute Gasteiger partial charge is 0.330 e. The molecular weight excluding hydrogens is 148 g/mol. The highest BCUT2D eigenvalue weighted by molar-refractivity contribution is 4.66. The third kappa shape index (κ3) is 5.56. The molecule has 74 valence electrons. The molecule has 0 aliphatic rings. The van der Waals surface area contributed by atoms with Crippen LogP contribution in [0.4, 0.5) is 0 Å². The summed E-state index contributed by atoms with van der Waals surface area (Å²) in [6.07, 6.45) is 1.12. The molecule has 0 spiro atoms. The summed E-state index contributed by atoms with van der Waals surface area (Å²) in [5.74, 6) is 1.42. The van der Waals surface area contributed by atoms with Crippen molar-refractivity contribution in [2.45, 2.75) is 40.2 Å². The Hall–Kier alpha value is -0.0800. The fourth-order valence-corrected chi connectivity index (χ4v) is 1.01. The highest BCUT2D eigenvalue weighted by atomic mass is 14.9. The lowest BCUT2D eigenvalue weighted by atomic mass is 10.0. The summed E-state index contributed by atoms with van der Waals surface area (Å²) in [4.78, 5) is 0. The molecule has 2 nitrogen and oxygen atoms in total. The lowest BCUT2D eigenvalue weighted by Gasteiger charge is -2.20. The molecule has 0 aliphatic carbocycles. The van der Waals surface area contributed by atoms with E-state index in [1.165, 1.54) is 0 Å². The Morgan fingerprint density at radius 2 is 1.75 bits per heavy atom. The first-order chi connectivity index (χ1) is 5.57. The van der Waals surface area contributed by atoms with Gasteiger partial charge in [-0.15, -0.1) is 0 Å². The van der Waals surface area contributed by atoms with E-state index in [9.17, 15) is 0 Å². The van der Waals surface area contributed by atoms with E-state index in [1.807, 2.05) is 0 Å². The second-order valence-corrected chi connectivity index (χ2v) is 4.12. The molecule has 2 unspecified atom stereocenters. The first kappa shape index (κ1) is 11.9. The smallest absolute Gasteiger partial charge is 0.00618 e. The normalized spacial score (nSPS) is 16.5. The van der Waals surface area contributed by atoms with E-state index < -0.39 is 0 Å². The average Bonchev–Trinajstić information content (AvgIpc) is 2.00. The van der Waals surface area contributed by atoms with Crippen LogP contribution in [0.3, 0.4) is 0 Å². The zero-order valence-electron chi connectivity index (χ0n) is 8.93. The van der Waals surface area contributed by atoms with E-state index in [1.54, 1.807) is 0 Å². The SMILES string of the molecule is CC(CCN)CNC(C)C(C)C. The average molecular weight is 172 g/mol. The zero-order chi connectivity index (χ0) is 9.56. The van der Waals surface area contributed by atoms with Crippen LogP contribution >= 0.6 is 0 Å². The lowest BCUT2D eigenvalue weighted by Crippen LogP contribution is -2.34. The van der Waals surface area contributed by atoms with Crippen molar-refractivity contribution in [3.63, 3.8) is 0 Å². The predicted octanol–water partition coefficient (Wildman–Crippen LogP) is 1.61. The number of nitrogens with one attached hydrogen (secondary N) is 1. The van der Waals surface area contributed by atoms with Gasteiger partial charge in [-0.1, -0.05) is 20.8 Å². The molecule has 0 radical (unpaired) electrons. The number of hydrogen-bond donors (Lipinski definition) is 2. The summed E-state index contributed by atoms with van der Waals surface area (Å²) in [6, 6.07) is 0.616. The molecule has 0 fully saturated rings. The molecular formula is C10H24N2. The zero-order valence-corrected chi connectivity index (χ0v) is 8.93. The minimum atomic E-state index is 0.616. The van der Waals surface area contributed by atoms with Crippen molar-refractivity contribution >= 4 is 0 Å². The van der Waals surface area contributed by atoms with Gasteiger partial charge in [0, 0.05) is 6.04 Å². The Balaban J connectivity index is 3.40. The second-order valence-electron chi connectivity index (χ2n) is 4.12. The van der Waals surface area contributed by atoms with Crippen molar-refractivity contribution in [2.24, 2.45) is 17.6 Å². The molecule has 0 saturated heterocycles. The van der Waals surface area contributed by atoms with E-state index in [-0.39, 0.29) is 0 Å². The van der Waals surface area contributed by atoms with Crippen LogP contribution in [0.25, 0.3) is 0 Å². The van der Waals surface area contributed by atoms with Gasteiger partial charge in [-0.2, -0.15) is 0 Å². The number of hydrogen-bond acceptors (Lipinski definition) is 2. The van der Waals surface area contributed by atoms with E-state index in [0.717, 1.165) is 25.4 Å². The van der Waals surface area contributed by atoms with Gasteiger partial charge in [-0.3, -0.25) is 0 Å². The van der Waals surface area contributed by atoms with Gasteiger partial charge in [0.1, 0.15) is 0 Å².